The molecule has 5 nitrogen and oxygen atoms in total. The van der Waals surface area contributed by atoms with E-state index in [0.717, 1.165) is 17.9 Å². The second kappa shape index (κ2) is 5.77. The van der Waals surface area contributed by atoms with Gasteiger partial charge in [0.25, 0.3) is 5.24 Å². The van der Waals surface area contributed by atoms with Crippen LogP contribution in [0.2, 0.25) is 0 Å². The van der Waals surface area contributed by atoms with Gasteiger partial charge in [-0.25, -0.2) is 0 Å². The van der Waals surface area contributed by atoms with Crippen molar-refractivity contribution in [1.29, 1.82) is 0 Å². The fourth-order valence-electron chi connectivity index (χ4n) is 1.62. The first-order valence-corrected chi connectivity index (χ1v) is 6.54. The molecular weight excluding hydrogens is 238 g/mol. The fourth-order valence-corrected chi connectivity index (χ4v) is 2.47. The van der Waals surface area contributed by atoms with Crippen molar-refractivity contribution in [2.45, 2.75) is 13.0 Å². The minimum absolute atomic E-state index is 0.0177. The topological polar surface area (TPSA) is 65.2 Å². The largest absolute Gasteiger partial charge is 0.367 e. The molecule has 0 unspecified atom stereocenters. The highest BCUT2D eigenvalue weighted by molar-refractivity contribution is 8.13. The smallest absolute Gasteiger partial charge is 0.281 e. The summed E-state index contributed by atoms with van der Waals surface area (Å²) in [5.74, 6) is 0.819. The molecule has 1 aromatic rings. The van der Waals surface area contributed by atoms with Crippen LogP contribution in [0, 0.1) is 0 Å². The van der Waals surface area contributed by atoms with E-state index in [-0.39, 0.29) is 11.1 Å². The molecule has 2 heterocycles. The number of rotatable bonds is 5. The van der Waals surface area contributed by atoms with E-state index in [1.165, 1.54) is 11.8 Å². The van der Waals surface area contributed by atoms with Gasteiger partial charge in [-0.05, 0) is 11.6 Å². The summed E-state index contributed by atoms with van der Waals surface area (Å²) in [6.07, 6.45) is 4.04. The summed E-state index contributed by atoms with van der Waals surface area (Å²) < 4.78 is 0. The Bertz CT molecular complexity index is 391. The van der Waals surface area contributed by atoms with Gasteiger partial charge in [0, 0.05) is 44.2 Å². The zero-order valence-corrected chi connectivity index (χ0v) is 10.3. The maximum Gasteiger partial charge on any atom is 0.281 e. The number of H-pyrrole nitrogens is 1. The van der Waals surface area contributed by atoms with Gasteiger partial charge in [0.05, 0.1) is 0 Å². The molecule has 6 heteroatoms. The summed E-state index contributed by atoms with van der Waals surface area (Å²) >= 11 is 1.32. The Morgan fingerprint density at radius 3 is 3.12 bits per heavy atom. The van der Waals surface area contributed by atoms with Gasteiger partial charge in [-0.15, -0.1) is 0 Å². The van der Waals surface area contributed by atoms with Crippen LogP contribution < -0.4 is 5.32 Å². The predicted molar refractivity (Wildman–Crippen MR) is 66.7 cm³/mol. The average Bonchev–Trinajstić information content (AvgIpc) is 2.95. The van der Waals surface area contributed by atoms with Gasteiger partial charge >= 0.3 is 0 Å². The molecule has 92 valence electrons. The molecular formula is C11H15N3O2S. The van der Waals surface area contributed by atoms with Crippen LogP contribution in [0.4, 0.5) is 4.79 Å². The quantitative estimate of drug-likeness (QED) is 0.828. The molecule has 0 spiro atoms. The summed E-state index contributed by atoms with van der Waals surface area (Å²) in [6.45, 7) is 1.81. The lowest BCUT2D eigenvalue weighted by Gasteiger charge is -2.13. The van der Waals surface area contributed by atoms with Crippen LogP contribution in [-0.2, 0) is 11.3 Å². The molecule has 0 atom stereocenters. The number of amides is 2. The lowest BCUT2D eigenvalue weighted by atomic mass is 10.3. The van der Waals surface area contributed by atoms with Crippen molar-refractivity contribution in [2.24, 2.45) is 0 Å². The predicted octanol–water partition coefficient (Wildman–Crippen LogP) is 1.19. The van der Waals surface area contributed by atoms with Crippen LogP contribution in [0.3, 0.4) is 0 Å². The van der Waals surface area contributed by atoms with Crippen molar-refractivity contribution >= 4 is 22.9 Å². The number of aromatic nitrogens is 1. The Balaban J connectivity index is 1.65. The number of hydrogen-bond acceptors (Lipinski definition) is 3. The summed E-state index contributed by atoms with van der Waals surface area (Å²) in [7, 11) is 0. The van der Waals surface area contributed by atoms with Crippen molar-refractivity contribution in [2.75, 3.05) is 18.8 Å². The molecule has 0 aliphatic carbocycles. The van der Waals surface area contributed by atoms with Crippen molar-refractivity contribution < 1.29 is 9.59 Å². The molecule has 2 amide bonds. The Hall–Kier alpha value is -1.43. The molecule has 2 rings (SSSR count). The van der Waals surface area contributed by atoms with E-state index in [9.17, 15) is 9.59 Å². The Morgan fingerprint density at radius 1 is 1.59 bits per heavy atom. The Kier molecular flexibility index (Phi) is 4.08. The van der Waals surface area contributed by atoms with Crippen LogP contribution in [0.25, 0.3) is 0 Å². The first kappa shape index (κ1) is 12.0. The molecule has 0 bridgehead atoms. The van der Waals surface area contributed by atoms with Gasteiger partial charge in [-0.2, -0.15) is 0 Å². The van der Waals surface area contributed by atoms with Crippen molar-refractivity contribution in [3.8, 4) is 0 Å². The van der Waals surface area contributed by atoms with E-state index in [2.05, 4.69) is 10.3 Å². The first-order chi connectivity index (χ1) is 8.25. The van der Waals surface area contributed by atoms with Crippen LogP contribution >= 0.6 is 11.8 Å². The molecule has 1 aromatic heterocycles. The molecule has 0 saturated carbocycles. The summed E-state index contributed by atoms with van der Waals surface area (Å²) in [5, 5.41) is 2.91. The fraction of sp³-hybridized carbons (Fsp3) is 0.455. The van der Waals surface area contributed by atoms with Crippen molar-refractivity contribution in [3.63, 3.8) is 0 Å². The average molecular weight is 253 g/mol. The molecule has 1 fully saturated rings. The number of nitrogens with one attached hydrogen (secondary N) is 2. The van der Waals surface area contributed by atoms with Gasteiger partial charge in [0.1, 0.15) is 0 Å². The number of carbonyl (C=O) groups excluding carboxylic acids is 2. The Morgan fingerprint density at radius 2 is 2.47 bits per heavy atom. The summed E-state index contributed by atoms with van der Waals surface area (Å²) in [5.41, 5.74) is 1.05. The van der Waals surface area contributed by atoms with Crippen molar-refractivity contribution in [1.82, 2.24) is 15.2 Å². The van der Waals surface area contributed by atoms with E-state index in [0.29, 0.717) is 19.5 Å². The van der Waals surface area contributed by atoms with Crippen molar-refractivity contribution in [3.05, 3.63) is 24.0 Å². The monoisotopic (exact) mass is 253 g/mol. The molecule has 17 heavy (non-hydrogen) atoms. The van der Waals surface area contributed by atoms with Gasteiger partial charge in [-0.1, -0.05) is 11.8 Å². The van der Waals surface area contributed by atoms with Gasteiger partial charge in [0.2, 0.25) is 5.91 Å². The molecule has 1 aliphatic rings. The third-order valence-electron chi connectivity index (χ3n) is 2.61. The van der Waals surface area contributed by atoms with E-state index < -0.39 is 0 Å². The Labute approximate surface area is 104 Å². The van der Waals surface area contributed by atoms with Crippen LogP contribution in [0.5, 0.6) is 0 Å². The first-order valence-electron chi connectivity index (χ1n) is 5.56. The zero-order chi connectivity index (χ0) is 12.1. The standard InChI is InChI=1S/C11H15N3O2S/c15-10(13-8-9-1-3-12-7-9)2-4-14-5-6-17-11(14)16/h1,3,7,12H,2,4-6,8H2,(H,13,15). The number of nitrogens with zero attached hydrogens (tertiary/aromatic N) is 1. The van der Waals surface area contributed by atoms with E-state index in [1.54, 1.807) is 4.90 Å². The van der Waals surface area contributed by atoms with E-state index in [1.807, 2.05) is 18.5 Å². The minimum Gasteiger partial charge on any atom is -0.367 e. The van der Waals surface area contributed by atoms with Gasteiger partial charge < -0.3 is 15.2 Å². The third kappa shape index (κ3) is 3.52. The lowest BCUT2D eigenvalue weighted by molar-refractivity contribution is -0.121. The number of thioether (sulfide) groups is 1. The summed E-state index contributed by atoms with van der Waals surface area (Å²) in [6, 6.07) is 1.92. The maximum atomic E-state index is 11.5. The highest BCUT2D eigenvalue weighted by Crippen LogP contribution is 2.16. The van der Waals surface area contributed by atoms with E-state index >= 15 is 0 Å². The highest BCUT2D eigenvalue weighted by atomic mass is 32.2. The molecule has 1 saturated heterocycles. The van der Waals surface area contributed by atoms with Crippen LogP contribution in [0.15, 0.2) is 18.5 Å². The second-order valence-corrected chi connectivity index (χ2v) is 4.89. The van der Waals surface area contributed by atoms with Crippen LogP contribution in [-0.4, -0.2) is 39.9 Å². The zero-order valence-electron chi connectivity index (χ0n) is 9.44. The molecule has 1 aliphatic heterocycles. The minimum atomic E-state index is -0.0177. The lowest BCUT2D eigenvalue weighted by Crippen LogP contribution is -2.30. The SMILES string of the molecule is O=C(CCN1CCSC1=O)NCc1cc[nH]c1. The van der Waals surface area contributed by atoms with Crippen LogP contribution in [0.1, 0.15) is 12.0 Å². The van der Waals surface area contributed by atoms with Gasteiger partial charge in [0.15, 0.2) is 0 Å². The second-order valence-electron chi connectivity index (χ2n) is 3.85. The van der Waals surface area contributed by atoms with E-state index in [4.69, 9.17) is 0 Å². The molecule has 0 aromatic carbocycles. The molecule has 0 radical (unpaired) electrons. The number of hydrogen-bond donors (Lipinski definition) is 2. The summed E-state index contributed by atoms with van der Waals surface area (Å²) in [4.78, 5) is 27.5. The molecule has 2 N–H and O–H groups in total. The number of carbonyl (C=O) groups is 2. The third-order valence-corrected chi connectivity index (χ3v) is 3.50. The normalized spacial score (nSPS) is 15.3. The maximum absolute atomic E-state index is 11.5. The number of aromatic amines is 1. The highest BCUT2D eigenvalue weighted by Gasteiger charge is 2.21. The van der Waals surface area contributed by atoms with Gasteiger partial charge in [-0.3, -0.25) is 9.59 Å².